The van der Waals surface area contributed by atoms with Gasteiger partial charge in [-0.2, -0.15) is 0 Å². The van der Waals surface area contributed by atoms with Gasteiger partial charge in [0.15, 0.2) is 5.13 Å². The molecule has 22 heavy (non-hydrogen) atoms. The molecule has 0 aliphatic carbocycles. The van der Waals surface area contributed by atoms with Crippen LogP contribution in [0.15, 0.2) is 29.6 Å². The predicted molar refractivity (Wildman–Crippen MR) is 97.5 cm³/mol. The minimum atomic E-state index is 0.293. The fourth-order valence-electron chi connectivity index (χ4n) is 2.42. The van der Waals surface area contributed by atoms with Crippen molar-refractivity contribution in [1.82, 2.24) is 10.3 Å². The molecule has 1 atom stereocenters. The van der Waals surface area contributed by atoms with Gasteiger partial charge in [-0.15, -0.1) is 11.3 Å². The van der Waals surface area contributed by atoms with Gasteiger partial charge in [0.1, 0.15) is 0 Å². The number of hydrogen-bond acceptors (Lipinski definition) is 5. The molecule has 0 bridgehead atoms. The van der Waals surface area contributed by atoms with E-state index in [4.69, 9.17) is 0 Å². The number of thiazole rings is 1. The van der Waals surface area contributed by atoms with Crippen LogP contribution in [-0.4, -0.2) is 24.6 Å². The summed E-state index contributed by atoms with van der Waals surface area (Å²) in [7, 11) is 0. The molecule has 0 spiro atoms. The number of rotatable bonds is 8. The molecule has 1 heterocycles. The largest absolute Gasteiger partial charge is 0.372 e. The lowest BCUT2D eigenvalue weighted by Crippen LogP contribution is -2.21. The van der Waals surface area contributed by atoms with Gasteiger partial charge in [0, 0.05) is 35.9 Å². The molecule has 0 radical (unpaired) electrons. The van der Waals surface area contributed by atoms with E-state index < -0.39 is 0 Å². The van der Waals surface area contributed by atoms with Crippen LogP contribution in [0.5, 0.6) is 0 Å². The average Bonchev–Trinajstić information content (AvgIpc) is 2.99. The van der Waals surface area contributed by atoms with Gasteiger partial charge >= 0.3 is 0 Å². The Morgan fingerprint density at radius 3 is 2.41 bits per heavy atom. The third-order valence-electron chi connectivity index (χ3n) is 3.72. The first kappa shape index (κ1) is 16.8. The highest BCUT2D eigenvalue weighted by Crippen LogP contribution is 2.25. The molecule has 2 N–H and O–H groups in total. The van der Waals surface area contributed by atoms with Crippen molar-refractivity contribution < 1.29 is 0 Å². The standard InChI is InChI=1S/C17H26N4S/c1-5-18-13(4)16-12-22-17(20-16)19-14-8-10-15(11-9-14)21(6-2)7-3/h8-13,18H,5-7H2,1-4H3,(H,19,20). The van der Waals surface area contributed by atoms with Gasteiger partial charge < -0.3 is 15.5 Å². The second-order valence-corrected chi connectivity index (χ2v) is 6.06. The van der Waals surface area contributed by atoms with Crippen LogP contribution in [0.2, 0.25) is 0 Å². The van der Waals surface area contributed by atoms with E-state index in [1.54, 1.807) is 11.3 Å². The Morgan fingerprint density at radius 2 is 1.82 bits per heavy atom. The van der Waals surface area contributed by atoms with Crippen LogP contribution in [0.3, 0.4) is 0 Å². The van der Waals surface area contributed by atoms with Crippen LogP contribution >= 0.6 is 11.3 Å². The molecule has 1 aromatic heterocycles. The van der Waals surface area contributed by atoms with E-state index in [2.05, 4.69) is 77.9 Å². The lowest BCUT2D eigenvalue weighted by molar-refractivity contribution is 0.587. The van der Waals surface area contributed by atoms with Crippen LogP contribution in [0.25, 0.3) is 0 Å². The summed E-state index contributed by atoms with van der Waals surface area (Å²) < 4.78 is 0. The van der Waals surface area contributed by atoms with Crippen LogP contribution in [0, 0.1) is 0 Å². The third kappa shape index (κ3) is 4.21. The van der Waals surface area contributed by atoms with Crippen molar-refractivity contribution >= 4 is 27.8 Å². The topological polar surface area (TPSA) is 40.2 Å². The van der Waals surface area contributed by atoms with E-state index in [1.165, 1.54) is 5.69 Å². The van der Waals surface area contributed by atoms with Gasteiger partial charge in [-0.1, -0.05) is 6.92 Å². The second kappa shape index (κ2) is 8.15. The fraction of sp³-hybridized carbons (Fsp3) is 0.471. The predicted octanol–water partition coefficient (Wildman–Crippen LogP) is 4.40. The molecule has 1 unspecified atom stereocenters. The zero-order chi connectivity index (χ0) is 15.9. The van der Waals surface area contributed by atoms with Crippen LogP contribution in [-0.2, 0) is 0 Å². The molecule has 1 aromatic carbocycles. The Kier molecular flexibility index (Phi) is 6.21. The second-order valence-electron chi connectivity index (χ2n) is 5.20. The monoisotopic (exact) mass is 318 g/mol. The van der Waals surface area contributed by atoms with Crippen LogP contribution < -0.4 is 15.5 Å². The maximum Gasteiger partial charge on any atom is 0.187 e. The van der Waals surface area contributed by atoms with Crippen molar-refractivity contribution in [2.75, 3.05) is 29.9 Å². The lowest BCUT2D eigenvalue weighted by Gasteiger charge is -2.21. The molecule has 120 valence electrons. The number of nitrogens with one attached hydrogen (secondary N) is 2. The molecule has 0 saturated heterocycles. The van der Waals surface area contributed by atoms with Crippen LogP contribution in [0.1, 0.15) is 39.4 Å². The molecule has 2 aromatic rings. The SMILES string of the molecule is CCNC(C)c1csc(Nc2ccc(N(CC)CC)cc2)n1. The van der Waals surface area contributed by atoms with Gasteiger partial charge in [-0.25, -0.2) is 4.98 Å². The van der Waals surface area contributed by atoms with Crippen molar-refractivity contribution in [3.8, 4) is 0 Å². The van der Waals surface area contributed by atoms with Gasteiger partial charge in [-0.3, -0.25) is 0 Å². The molecule has 0 amide bonds. The zero-order valence-corrected chi connectivity index (χ0v) is 14.7. The summed E-state index contributed by atoms with van der Waals surface area (Å²) in [6.45, 7) is 11.6. The molecular formula is C17H26N4S. The first-order valence-electron chi connectivity index (χ1n) is 7.98. The van der Waals surface area contributed by atoms with E-state index in [1.807, 2.05) is 0 Å². The van der Waals surface area contributed by atoms with Gasteiger partial charge in [0.2, 0.25) is 0 Å². The molecule has 4 nitrogen and oxygen atoms in total. The van der Waals surface area contributed by atoms with E-state index in [0.717, 1.165) is 36.1 Å². The highest BCUT2D eigenvalue weighted by Gasteiger charge is 2.09. The number of nitrogens with zero attached hydrogens (tertiary/aromatic N) is 2. The first-order valence-corrected chi connectivity index (χ1v) is 8.86. The van der Waals surface area contributed by atoms with Gasteiger partial charge in [0.25, 0.3) is 0 Å². The van der Waals surface area contributed by atoms with E-state index in [0.29, 0.717) is 6.04 Å². The highest BCUT2D eigenvalue weighted by atomic mass is 32.1. The van der Waals surface area contributed by atoms with E-state index in [9.17, 15) is 0 Å². The molecule has 0 fully saturated rings. The summed E-state index contributed by atoms with van der Waals surface area (Å²) >= 11 is 1.65. The number of aromatic nitrogens is 1. The molecule has 0 aliphatic rings. The van der Waals surface area contributed by atoms with Crippen molar-refractivity contribution in [3.05, 3.63) is 35.3 Å². The Morgan fingerprint density at radius 1 is 1.14 bits per heavy atom. The Bertz CT molecular complexity index is 560. The quantitative estimate of drug-likeness (QED) is 0.756. The summed E-state index contributed by atoms with van der Waals surface area (Å²) in [5.74, 6) is 0. The van der Waals surface area contributed by atoms with Gasteiger partial charge in [0.05, 0.1) is 5.69 Å². The Hall–Kier alpha value is -1.59. The zero-order valence-electron chi connectivity index (χ0n) is 13.9. The van der Waals surface area contributed by atoms with Crippen molar-refractivity contribution in [1.29, 1.82) is 0 Å². The number of hydrogen-bond donors (Lipinski definition) is 2. The minimum Gasteiger partial charge on any atom is -0.372 e. The third-order valence-corrected chi connectivity index (χ3v) is 4.50. The summed E-state index contributed by atoms with van der Waals surface area (Å²) in [5, 5.41) is 9.82. The normalized spacial score (nSPS) is 12.2. The highest BCUT2D eigenvalue weighted by molar-refractivity contribution is 7.13. The van der Waals surface area contributed by atoms with E-state index in [-0.39, 0.29) is 0 Å². The van der Waals surface area contributed by atoms with Crippen molar-refractivity contribution in [2.24, 2.45) is 0 Å². The van der Waals surface area contributed by atoms with E-state index >= 15 is 0 Å². The summed E-state index contributed by atoms with van der Waals surface area (Å²) in [6, 6.07) is 8.84. The number of benzene rings is 1. The first-order chi connectivity index (χ1) is 10.7. The molecule has 2 rings (SSSR count). The fourth-order valence-corrected chi connectivity index (χ4v) is 3.25. The molecule has 5 heteroatoms. The van der Waals surface area contributed by atoms with Crippen LogP contribution in [0.4, 0.5) is 16.5 Å². The lowest BCUT2D eigenvalue weighted by atomic mass is 10.2. The minimum absolute atomic E-state index is 0.293. The molecular weight excluding hydrogens is 292 g/mol. The average molecular weight is 318 g/mol. The van der Waals surface area contributed by atoms with Crippen molar-refractivity contribution in [2.45, 2.75) is 33.7 Å². The van der Waals surface area contributed by atoms with Crippen molar-refractivity contribution in [3.63, 3.8) is 0 Å². The maximum atomic E-state index is 4.65. The van der Waals surface area contributed by atoms with Gasteiger partial charge in [-0.05, 0) is 51.6 Å². The Balaban J connectivity index is 2.02. The molecule has 0 saturated carbocycles. The Labute approximate surface area is 137 Å². The summed E-state index contributed by atoms with van der Waals surface area (Å²) in [4.78, 5) is 6.99. The molecule has 0 aliphatic heterocycles. The maximum absolute atomic E-state index is 4.65. The number of anilines is 3. The smallest absolute Gasteiger partial charge is 0.187 e. The summed E-state index contributed by atoms with van der Waals surface area (Å²) in [6.07, 6.45) is 0. The summed E-state index contributed by atoms with van der Waals surface area (Å²) in [5.41, 5.74) is 3.43.